The smallest absolute Gasteiger partial charge is 0.326 e. The third-order valence-corrected chi connectivity index (χ3v) is 3.18. The van der Waals surface area contributed by atoms with Crippen LogP contribution >= 0.6 is 0 Å². The number of carbonyl (C=O) groups excluding carboxylic acids is 1. The summed E-state index contributed by atoms with van der Waals surface area (Å²) in [6, 6.07) is 2.29. The summed E-state index contributed by atoms with van der Waals surface area (Å²) in [5, 5.41) is 9.14. The fraction of sp³-hybridized carbons (Fsp3) is 0.357. The number of rotatable bonds is 2. The number of carbonyl (C=O) groups is 2. The van der Waals surface area contributed by atoms with Crippen LogP contribution in [-0.2, 0) is 4.79 Å². The van der Waals surface area contributed by atoms with Crippen LogP contribution in [0.1, 0.15) is 35.3 Å². The lowest BCUT2D eigenvalue weighted by Gasteiger charge is -2.32. The number of aliphatic carboxylic acids is 1. The summed E-state index contributed by atoms with van der Waals surface area (Å²) in [6.45, 7) is 0.440. The molecule has 5 heteroatoms. The number of likely N-dealkylation sites (tertiary alicyclic amines) is 1. The Morgan fingerprint density at radius 2 is 2.21 bits per heavy atom. The van der Waals surface area contributed by atoms with Gasteiger partial charge in [-0.25, -0.2) is 9.78 Å². The number of amides is 1. The molecule has 1 aliphatic heterocycles. The second-order valence-electron chi connectivity index (χ2n) is 4.41. The first-order valence-electron chi connectivity index (χ1n) is 6.06. The standard InChI is InChI=1S/C14H13N2O3/c1-2-10-6-7-11(15-9-10)13(17)16-8-4-3-5-12(16)14(18)19/h6-7,9,12H,3-5,8H2,(H,18,19). The maximum absolute atomic E-state index is 12.2. The molecule has 0 aromatic carbocycles. The van der Waals surface area contributed by atoms with Crippen LogP contribution in [0.25, 0.3) is 0 Å². The minimum Gasteiger partial charge on any atom is -0.480 e. The normalized spacial score (nSPS) is 18.7. The molecule has 1 atom stereocenters. The van der Waals surface area contributed by atoms with E-state index in [0.29, 0.717) is 18.5 Å². The minimum absolute atomic E-state index is 0.201. The number of pyridine rings is 1. The van der Waals surface area contributed by atoms with Gasteiger partial charge in [0.15, 0.2) is 0 Å². The van der Waals surface area contributed by atoms with Crippen molar-refractivity contribution >= 4 is 11.9 Å². The molecule has 1 saturated heterocycles. The maximum Gasteiger partial charge on any atom is 0.326 e. The van der Waals surface area contributed by atoms with Gasteiger partial charge in [0.2, 0.25) is 0 Å². The Balaban J connectivity index is 2.21. The molecule has 1 unspecified atom stereocenters. The zero-order chi connectivity index (χ0) is 13.8. The van der Waals surface area contributed by atoms with Gasteiger partial charge in [0.25, 0.3) is 5.91 Å². The number of hydrogen-bond donors (Lipinski definition) is 1. The quantitative estimate of drug-likeness (QED) is 0.805. The van der Waals surface area contributed by atoms with E-state index in [1.807, 2.05) is 0 Å². The van der Waals surface area contributed by atoms with Crippen molar-refractivity contribution in [2.24, 2.45) is 0 Å². The van der Waals surface area contributed by atoms with Crippen LogP contribution in [0.2, 0.25) is 0 Å². The first-order valence-corrected chi connectivity index (χ1v) is 6.06. The predicted molar refractivity (Wildman–Crippen MR) is 66.8 cm³/mol. The van der Waals surface area contributed by atoms with Gasteiger partial charge in [0, 0.05) is 18.3 Å². The van der Waals surface area contributed by atoms with Crippen LogP contribution in [0.5, 0.6) is 0 Å². The van der Waals surface area contributed by atoms with E-state index in [1.165, 1.54) is 17.2 Å². The highest BCUT2D eigenvalue weighted by Crippen LogP contribution is 2.19. The van der Waals surface area contributed by atoms with Gasteiger partial charge in [-0.05, 0) is 37.8 Å². The third kappa shape index (κ3) is 2.74. The number of aromatic nitrogens is 1. The Morgan fingerprint density at radius 3 is 2.79 bits per heavy atom. The SMILES string of the molecule is [C]#Cc1ccc(C(=O)N2CCCCC2C(=O)O)nc1. The molecule has 19 heavy (non-hydrogen) atoms. The van der Waals surface area contributed by atoms with Crippen LogP contribution in [0, 0.1) is 12.3 Å². The van der Waals surface area contributed by atoms with Gasteiger partial charge in [-0.3, -0.25) is 4.79 Å². The van der Waals surface area contributed by atoms with Crippen LogP contribution in [0.4, 0.5) is 0 Å². The highest BCUT2D eigenvalue weighted by molar-refractivity contribution is 5.95. The van der Waals surface area contributed by atoms with E-state index in [2.05, 4.69) is 10.9 Å². The number of carboxylic acid groups (broad SMARTS) is 1. The molecule has 1 fully saturated rings. The molecule has 0 saturated carbocycles. The summed E-state index contributed by atoms with van der Waals surface area (Å²) in [5.74, 6) is 0.822. The lowest BCUT2D eigenvalue weighted by Crippen LogP contribution is -2.48. The topological polar surface area (TPSA) is 70.5 Å². The minimum atomic E-state index is -0.975. The summed E-state index contributed by atoms with van der Waals surface area (Å²) < 4.78 is 0. The van der Waals surface area contributed by atoms with Crippen molar-refractivity contribution in [3.05, 3.63) is 36.0 Å². The van der Waals surface area contributed by atoms with Crippen LogP contribution in [0.15, 0.2) is 18.3 Å². The van der Waals surface area contributed by atoms with E-state index in [1.54, 1.807) is 6.07 Å². The molecule has 0 bridgehead atoms. The van der Waals surface area contributed by atoms with E-state index < -0.39 is 12.0 Å². The van der Waals surface area contributed by atoms with E-state index in [4.69, 9.17) is 11.5 Å². The number of piperidine rings is 1. The van der Waals surface area contributed by atoms with E-state index in [-0.39, 0.29) is 11.6 Å². The summed E-state index contributed by atoms with van der Waals surface area (Å²) in [6.07, 6.45) is 10.4. The van der Waals surface area contributed by atoms with Crippen molar-refractivity contribution in [1.82, 2.24) is 9.88 Å². The van der Waals surface area contributed by atoms with Crippen molar-refractivity contribution < 1.29 is 14.7 Å². The Labute approximate surface area is 111 Å². The average molecular weight is 257 g/mol. The highest BCUT2D eigenvalue weighted by atomic mass is 16.4. The molecule has 2 heterocycles. The molecule has 0 aliphatic carbocycles. The number of nitrogens with zero attached hydrogens (tertiary/aromatic N) is 2. The monoisotopic (exact) mass is 257 g/mol. The van der Waals surface area contributed by atoms with Gasteiger partial charge >= 0.3 is 5.97 Å². The lowest BCUT2D eigenvalue weighted by atomic mass is 10.0. The largest absolute Gasteiger partial charge is 0.480 e. The van der Waals surface area contributed by atoms with Gasteiger partial charge in [-0.2, -0.15) is 0 Å². The lowest BCUT2D eigenvalue weighted by molar-refractivity contribution is -0.143. The fourth-order valence-corrected chi connectivity index (χ4v) is 2.17. The second-order valence-corrected chi connectivity index (χ2v) is 4.41. The van der Waals surface area contributed by atoms with Gasteiger partial charge in [-0.15, -0.1) is 0 Å². The van der Waals surface area contributed by atoms with Crippen molar-refractivity contribution in [2.75, 3.05) is 6.54 Å². The van der Waals surface area contributed by atoms with E-state index >= 15 is 0 Å². The zero-order valence-electron chi connectivity index (χ0n) is 10.3. The molecule has 1 radical (unpaired) electrons. The molecule has 1 aliphatic rings. The van der Waals surface area contributed by atoms with E-state index in [9.17, 15) is 9.59 Å². The fourth-order valence-electron chi connectivity index (χ4n) is 2.17. The molecule has 0 spiro atoms. The predicted octanol–water partition coefficient (Wildman–Crippen LogP) is 1.10. The number of hydrogen-bond acceptors (Lipinski definition) is 3. The summed E-state index contributed by atoms with van der Waals surface area (Å²) in [7, 11) is 0. The molecule has 97 valence electrons. The number of carboxylic acids is 1. The van der Waals surface area contributed by atoms with Crippen molar-refractivity contribution in [3.63, 3.8) is 0 Å². The molecule has 1 aromatic rings. The molecule has 1 aromatic heterocycles. The molecular weight excluding hydrogens is 244 g/mol. The van der Waals surface area contributed by atoms with Crippen LogP contribution in [0.3, 0.4) is 0 Å². The van der Waals surface area contributed by atoms with Gasteiger partial charge in [0.1, 0.15) is 11.7 Å². The van der Waals surface area contributed by atoms with Crippen LogP contribution in [-0.4, -0.2) is 39.5 Å². The van der Waals surface area contributed by atoms with Crippen molar-refractivity contribution in [3.8, 4) is 5.92 Å². The first-order chi connectivity index (χ1) is 9.13. The van der Waals surface area contributed by atoms with E-state index in [0.717, 1.165) is 12.8 Å². The molecule has 1 amide bonds. The second kappa shape index (κ2) is 5.53. The summed E-state index contributed by atoms with van der Waals surface area (Å²) >= 11 is 0. The summed E-state index contributed by atoms with van der Waals surface area (Å²) in [4.78, 5) is 28.7. The first kappa shape index (κ1) is 13.1. The highest BCUT2D eigenvalue weighted by Gasteiger charge is 2.32. The Kier molecular flexibility index (Phi) is 3.81. The third-order valence-electron chi connectivity index (χ3n) is 3.18. The van der Waals surface area contributed by atoms with Crippen LogP contribution < -0.4 is 0 Å². The Morgan fingerprint density at radius 1 is 1.42 bits per heavy atom. The maximum atomic E-state index is 12.2. The Hall–Kier alpha value is -2.35. The molecule has 5 nitrogen and oxygen atoms in total. The van der Waals surface area contributed by atoms with Gasteiger partial charge in [0.05, 0.1) is 0 Å². The average Bonchev–Trinajstić information content (AvgIpc) is 2.46. The molecule has 1 N–H and O–H groups in total. The van der Waals surface area contributed by atoms with Gasteiger partial charge < -0.3 is 10.0 Å². The molecular formula is C14H13N2O3. The van der Waals surface area contributed by atoms with Crippen molar-refractivity contribution in [1.29, 1.82) is 0 Å². The van der Waals surface area contributed by atoms with Crippen molar-refractivity contribution in [2.45, 2.75) is 25.3 Å². The Bertz CT molecular complexity index is 531. The van der Waals surface area contributed by atoms with Gasteiger partial charge in [-0.1, -0.05) is 5.92 Å². The summed E-state index contributed by atoms with van der Waals surface area (Å²) in [5.41, 5.74) is 0.678. The molecule has 2 rings (SSSR count). The zero-order valence-corrected chi connectivity index (χ0v) is 10.3.